The molecule has 1 heterocycles. The molecule has 3 aromatic carbocycles. The lowest BCUT2D eigenvalue weighted by Gasteiger charge is -2.40. The lowest BCUT2D eigenvalue weighted by Crippen LogP contribution is -2.59. The molecule has 1 saturated carbocycles. The number of carbonyl (C=O) groups excluding carboxylic acids is 1. The Balaban J connectivity index is 1.35. The van der Waals surface area contributed by atoms with Crippen LogP contribution in [0.4, 0.5) is 5.69 Å². The van der Waals surface area contributed by atoms with Crippen LogP contribution in [0.25, 0.3) is 11.1 Å². The molecular formula is C32H39N3O4. The maximum atomic E-state index is 14.2. The maximum absolute atomic E-state index is 14.2. The number of piperazine rings is 1. The average molecular weight is 530 g/mol. The van der Waals surface area contributed by atoms with E-state index < -0.39 is 0 Å². The number of nitrogens with one attached hydrogen (secondary N) is 1. The van der Waals surface area contributed by atoms with Gasteiger partial charge in [0.2, 0.25) is 5.91 Å². The van der Waals surface area contributed by atoms with Crippen LogP contribution >= 0.6 is 0 Å². The summed E-state index contributed by atoms with van der Waals surface area (Å²) >= 11 is 0. The van der Waals surface area contributed by atoms with Crippen molar-refractivity contribution in [3.63, 3.8) is 0 Å². The zero-order valence-electron chi connectivity index (χ0n) is 23.0. The SMILES string of the molecule is COCCOCc1cc(CN(C(=O)C2CNCCN2c2cccc(-c3ccccc3)c2)C2CC2)cc(OC)c1. The molecule has 0 aromatic heterocycles. The molecule has 3 aromatic rings. The van der Waals surface area contributed by atoms with Gasteiger partial charge in [0.1, 0.15) is 11.8 Å². The van der Waals surface area contributed by atoms with Gasteiger partial charge in [0.05, 0.1) is 26.9 Å². The minimum absolute atomic E-state index is 0.176. The molecule has 39 heavy (non-hydrogen) atoms. The van der Waals surface area contributed by atoms with Gasteiger partial charge in [0, 0.05) is 45.0 Å². The van der Waals surface area contributed by atoms with Crippen LogP contribution in [0.5, 0.6) is 5.75 Å². The van der Waals surface area contributed by atoms with Crippen molar-refractivity contribution in [1.29, 1.82) is 0 Å². The summed E-state index contributed by atoms with van der Waals surface area (Å²) in [5.41, 5.74) is 5.51. The summed E-state index contributed by atoms with van der Waals surface area (Å²) in [6.45, 7) is 4.39. The molecule has 2 aliphatic rings. The van der Waals surface area contributed by atoms with Gasteiger partial charge in [-0.15, -0.1) is 0 Å². The van der Waals surface area contributed by atoms with E-state index in [1.807, 2.05) is 18.2 Å². The molecule has 5 rings (SSSR count). The number of hydrogen-bond acceptors (Lipinski definition) is 6. The second-order valence-electron chi connectivity index (χ2n) is 10.3. The number of methoxy groups -OCH3 is 2. The molecule has 1 aliphatic heterocycles. The van der Waals surface area contributed by atoms with E-state index >= 15 is 0 Å². The Morgan fingerprint density at radius 3 is 2.51 bits per heavy atom. The highest BCUT2D eigenvalue weighted by molar-refractivity contribution is 5.87. The highest BCUT2D eigenvalue weighted by Crippen LogP contribution is 2.32. The van der Waals surface area contributed by atoms with E-state index in [4.69, 9.17) is 14.2 Å². The van der Waals surface area contributed by atoms with E-state index in [1.54, 1.807) is 14.2 Å². The number of ether oxygens (including phenoxy) is 3. The first-order chi connectivity index (χ1) is 19.2. The predicted molar refractivity (Wildman–Crippen MR) is 154 cm³/mol. The first kappa shape index (κ1) is 27.2. The van der Waals surface area contributed by atoms with Crippen LogP contribution in [0.1, 0.15) is 24.0 Å². The Bertz CT molecular complexity index is 1230. The van der Waals surface area contributed by atoms with E-state index in [0.717, 1.165) is 54.1 Å². The predicted octanol–water partition coefficient (Wildman–Crippen LogP) is 4.49. The molecule has 1 aliphatic carbocycles. The molecule has 0 bridgehead atoms. The van der Waals surface area contributed by atoms with E-state index in [0.29, 0.717) is 32.9 Å². The first-order valence-corrected chi connectivity index (χ1v) is 13.8. The van der Waals surface area contributed by atoms with Gasteiger partial charge in [-0.05, 0) is 59.4 Å². The van der Waals surface area contributed by atoms with E-state index in [9.17, 15) is 4.79 Å². The Kier molecular flexibility index (Phi) is 9.14. The van der Waals surface area contributed by atoms with E-state index in [2.05, 4.69) is 69.7 Å². The normalized spacial score (nSPS) is 17.2. The molecule has 1 atom stereocenters. The van der Waals surface area contributed by atoms with Crippen LogP contribution in [0.15, 0.2) is 72.8 Å². The zero-order chi connectivity index (χ0) is 27.0. The fourth-order valence-corrected chi connectivity index (χ4v) is 5.24. The highest BCUT2D eigenvalue weighted by Gasteiger charge is 2.39. The molecule has 0 radical (unpaired) electrons. The number of hydrogen-bond donors (Lipinski definition) is 1. The molecule has 7 heteroatoms. The van der Waals surface area contributed by atoms with Crippen molar-refractivity contribution < 1.29 is 19.0 Å². The molecule has 206 valence electrons. The number of carbonyl (C=O) groups is 1. The van der Waals surface area contributed by atoms with Gasteiger partial charge in [-0.3, -0.25) is 4.79 Å². The van der Waals surface area contributed by atoms with Gasteiger partial charge in [0.25, 0.3) is 0 Å². The van der Waals surface area contributed by atoms with Crippen LogP contribution in [0, 0.1) is 0 Å². The van der Waals surface area contributed by atoms with Crippen molar-refractivity contribution in [2.45, 2.75) is 38.1 Å². The van der Waals surface area contributed by atoms with Crippen molar-refractivity contribution in [3.05, 3.63) is 83.9 Å². The fourth-order valence-electron chi connectivity index (χ4n) is 5.24. The summed E-state index contributed by atoms with van der Waals surface area (Å²) < 4.78 is 16.4. The molecule has 1 N–H and O–H groups in total. The van der Waals surface area contributed by atoms with Gasteiger partial charge in [0.15, 0.2) is 0 Å². The lowest BCUT2D eigenvalue weighted by molar-refractivity contribution is -0.134. The highest BCUT2D eigenvalue weighted by atomic mass is 16.5. The van der Waals surface area contributed by atoms with Crippen LogP contribution in [-0.4, -0.2) is 70.0 Å². The number of nitrogens with zero attached hydrogens (tertiary/aromatic N) is 2. The quantitative estimate of drug-likeness (QED) is 0.349. The topological polar surface area (TPSA) is 63.3 Å². The smallest absolute Gasteiger partial charge is 0.247 e. The molecule has 2 fully saturated rings. The minimum atomic E-state index is -0.257. The van der Waals surface area contributed by atoms with Crippen molar-refractivity contribution in [2.24, 2.45) is 0 Å². The molecule has 0 spiro atoms. The van der Waals surface area contributed by atoms with E-state index in [1.165, 1.54) is 5.56 Å². The summed E-state index contributed by atoms with van der Waals surface area (Å²) in [5.74, 6) is 0.954. The Morgan fingerprint density at radius 1 is 0.949 bits per heavy atom. The van der Waals surface area contributed by atoms with Crippen LogP contribution in [0.2, 0.25) is 0 Å². The van der Waals surface area contributed by atoms with Crippen LogP contribution in [0.3, 0.4) is 0 Å². The monoisotopic (exact) mass is 529 g/mol. The fraction of sp³-hybridized carbons (Fsp3) is 0.406. The molecule has 1 unspecified atom stereocenters. The number of amides is 1. The third-order valence-corrected chi connectivity index (χ3v) is 7.40. The summed E-state index contributed by atoms with van der Waals surface area (Å²) in [5, 5.41) is 3.46. The van der Waals surface area contributed by atoms with Gasteiger partial charge < -0.3 is 29.3 Å². The second kappa shape index (κ2) is 13.1. The Labute approximate surface area is 231 Å². The second-order valence-corrected chi connectivity index (χ2v) is 10.3. The molecular weight excluding hydrogens is 490 g/mol. The van der Waals surface area contributed by atoms with E-state index in [-0.39, 0.29) is 18.0 Å². The summed E-state index contributed by atoms with van der Waals surface area (Å²) in [6, 6.07) is 25.1. The van der Waals surface area contributed by atoms with Crippen LogP contribution < -0.4 is 15.0 Å². The minimum Gasteiger partial charge on any atom is -0.497 e. The average Bonchev–Trinajstić information content (AvgIpc) is 3.84. The van der Waals surface area contributed by atoms with Gasteiger partial charge in [-0.25, -0.2) is 0 Å². The third kappa shape index (κ3) is 6.98. The molecule has 1 saturated heterocycles. The number of anilines is 1. The zero-order valence-corrected chi connectivity index (χ0v) is 23.0. The molecule has 7 nitrogen and oxygen atoms in total. The van der Waals surface area contributed by atoms with Crippen LogP contribution in [-0.2, 0) is 27.4 Å². The number of rotatable bonds is 12. The van der Waals surface area contributed by atoms with Crippen molar-refractivity contribution >= 4 is 11.6 Å². The Morgan fingerprint density at radius 2 is 1.74 bits per heavy atom. The van der Waals surface area contributed by atoms with Crippen molar-refractivity contribution in [3.8, 4) is 16.9 Å². The van der Waals surface area contributed by atoms with Gasteiger partial charge >= 0.3 is 0 Å². The number of benzene rings is 3. The van der Waals surface area contributed by atoms with Gasteiger partial charge in [-0.2, -0.15) is 0 Å². The first-order valence-electron chi connectivity index (χ1n) is 13.8. The third-order valence-electron chi connectivity index (χ3n) is 7.40. The summed E-state index contributed by atoms with van der Waals surface area (Å²) in [6.07, 6.45) is 2.10. The lowest BCUT2D eigenvalue weighted by atomic mass is 10.0. The van der Waals surface area contributed by atoms with Crippen molar-refractivity contribution in [2.75, 3.05) is 52.0 Å². The largest absolute Gasteiger partial charge is 0.497 e. The maximum Gasteiger partial charge on any atom is 0.247 e. The standard InChI is InChI=1S/C32H39N3O4/c1-37-15-16-39-23-25-17-24(18-30(19-25)38-2)22-35(28-11-12-28)32(36)31-21-33-13-14-34(31)29-10-6-9-27(20-29)26-7-4-3-5-8-26/h3-10,17-20,28,31,33H,11-16,21-23H2,1-2H3. The van der Waals surface area contributed by atoms with Gasteiger partial charge in [-0.1, -0.05) is 48.5 Å². The summed E-state index contributed by atoms with van der Waals surface area (Å²) in [4.78, 5) is 18.5. The summed E-state index contributed by atoms with van der Waals surface area (Å²) in [7, 11) is 3.34. The van der Waals surface area contributed by atoms with Crippen molar-refractivity contribution in [1.82, 2.24) is 10.2 Å². The molecule has 1 amide bonds. The Hall–Kier alpha value is -3.39.